The summed E-state index contributed by atoms with van der Waals surface area (Å²) in [6, 6.07) is 10.8. The van der Waals surface area contributed by atoms with Crippen LogP contribution in [0.4, 0.5) is 0 Å². The van der Waals surface area contributed by atoms with Gasteiger partial charge >= 0.3 is 6.03 Å². The molecule has 1 unspecified atom stereocenters. The lowest BCUT2D eigenvalue weighted by Crippen LogP contribution is -2.61. The van der Waals surface area contributed by atoms with Crippen LogP contribution in [0.3, 0.4) is 0 Å². The van der Waals surface area contributed by atoms with Crippen LogP contribution in [0.25, 0.3) is 0 Å². The first-order valence-electron chi connectivity index (χ1n) is 24.0. The average molecular weight is 801 g/mol. The molecule has 6 heteroatoms. The second-order valence-corrected chi connectivity index (χ2v) is 21.5. The molecule has 324 valence electrons. The Balaban J connectivity index is 1.51. The van der Waals surface area contributed by atoms with E-state index in [0.29, 0.717) is 5.92 Å². The van der Waals surface area contributed by atoms with Gasteiger partial charge in [-0.2, -0.15) is 0 Å². The number of fused-ring (bicyclic) bond motifs is 2. The van der Waals surface area contributed by atoms with Gasteiger partial charge in [0, 0.05) is 19.4 Å². The van der Waals surface area contributed by atoms with E-state index in [1.807, 2.05) is 0 Å². The van der Waals surface area contributed by atoms with Crippen LogP contribution in [0.2, 0.25) is 0 Å². The van der Waals surface area contributed by atoms with Crippen LogP contribution >= 0.6 is 0 Å². The maximum Gasteiger partial charge on any atom is 0.704 e. The zero-order valence-corrected chi connectivity index (χ0v) is 40.2. The molecule has 1 spiro atoms. The van der Waals surface area contributed by atoms with Crippen LogP contribution < -0.4 is 9.47 Å². The zero-order valence-electron chi connectivity index (χ0n) is 40.2. The lowest BCUT2D eigenvalue weighted by atomic mass is 9.79. The van der Waals surface area contributed by atoms with E-state index in [4.69, 9.17) is 9.47 Å². The van der Waals surface area contributed by atoms with E-state index < -0.39 is 6.03 Å². The monoisotopic (exact) mass is 801 g/mol. The first kappa shape index (κ1) is 46.4. The third kappa shape index (κ3) is 9.91. The Kier molecular flexibility index (Phi) is 14.8. The molecule has 3 aliphatic rings. The van der Waals surface area contributed by atoms with Crippen LogP contribution in [-0.4, -0.2) is 101 Å². The summed E-state index contributed by atoms with van der Waals surface area (Å²) in [4.78, 5) is 0. The second kappa shape index (κ2) is 18.5. The predicted molar refractivity (Wildman–Crippen MR) is 246 cm³/mol. The number of hydrogen-bond acceptors (Lipinski definition) is 2. The molecule has 0 saturated carbocycles. The Morgan fingerprint density at radius 3 is 1.60 bits per heavy atom. The summed E-state index contributed by atoms with van der Waals surface area (Å²) in [5, 5.41) is 0. The van der Waals surface area contributed by atoms with Gasteiger partial charge < -0.3 is 18.4 Å². The minimum atomic E-state index is -1.06. The quantitative estimate of drug-likeness (QED) is 0.0928. The van der Waals surface area contributed by atoms with Crippen molar-refractivity contribution in [2.24, 2.45) is 0 Å². The summed E-state index contributed by atoms with van der Waals surface area (Å²) in [7, 11) is 0. The minimum Gasteiger partial charge on any atom is -0.341 e. The highest BCUT2D eigenvalue weighted by Gasteiger charge is 2.75. The van der Waals surface area contributed by atoms with E-state index in [0.717, 1.165) is 23.6 Å². The van der Waals surface area contributed by atoms with Crippen molar-refractivity contribution in [2.75, 3.05) is 58.9 Å². The lowest BCUT2D eigenvalue weighted by Gasteiger charge is -2.39. The molecule has 1 atom stereocenters. The van der Waals surface area contributed by atoms with Gasteiger partial charge in [-0.15, -0.1) is 0 Å². The molecule has 0 radical (unpaired) electrons. The number of quaternary nitrogens is 2. The second-order valence-electron chi connectivity index (χ2n) is 21.5. The van der Waals surface area contributed by atoms with Gasteiger partial charge in [0.25, 0.3) is 0 Å². The van der Waals surface area contributed by atoms with Crippen molar-refractivity contribution < 1.29 is 27.6 Å². The molecule has 58 heavy (non-hydrogen) atoms. The highest BCUT2D eigenvalue weighted by Crippen LogP contribution is 2.46. The fraction of sp³-hybridized carbons (Fsp3) is 0.731. The van der Waals surface area contributed by atoms with Gasteiger partial charge in [-0.25, -0.2) is 0 Å². The maximum absolute atomic E-state index is 7.30. The summed E-state index contributed by atoms with van der Waals surface area (Å²) in [5.74, 6) is 2.39. The summed E-state index contributed by atoms with van der Waals surface area (Å²) < 4.78 is 21.8. The van der Waals surface area contributed by atoms with Crippen LogP contribution in [0, 0.1) is 0 Å². The van der Waals surface area contributed by atoms with E-state index in [9.17, 15) is 0 Å². The largest absolute Gasteiger partial charge is 0.704 e. The lowest BCUT2D eigenvalue weighted by molar-refractivity contribution is -0.928. The fourth-order valence-electron chi connectivity index (χ4n) is 11.2. The van der Waals surface area contributed by atoms with Gasteiger partial charge in [0.2, 0.25) is 12.1 Å². The summed E-state index contributed by atoms with van der Waals surface area (Å²) >= 11 is 0. The zero-order chi connectivity index (χ0) is 42.6. The number of rotatable bonds is 21. The molecule has 0 aromatic heterocycles. The van der Waals surface area contributed by atoms with Crippen molar-refractivity contribution in [3.05, 3.63) is 58.1 Å². The SMILES string of the molecule is CCC[N+](CCC)(CCC)CCCC(CCC[N+](CCC)(CCC)CCC)c1ccc2c(c1)C=[N+]1C(C)(C)C[N+]3=Cc4cc(C(C)(C)C)cc(C(C)(C)C)c4OC31O2. The van der Waals surface area contributed by atoms with E-state index in [1.165, 1.54) is 148 Å². The number of ether oxygens (including phenoxy) is 2. The van der Waals surface area contributed by atoms with E-state index in [-0.39, 0.29) is 16.4 Å². The maximum atomic E-state index is 7.30. The normalized spacial score (nSPS) is 18.8. The standard InChI is InChI=1S/C52H88N4O2/c1-15-27-55(28-16-2,29-17-3)33-21-23-41(24-22-34-56(30-18-4,31-19-5)32-20-6)42-25-26-47-43(35-42)39-54-51(13,14)40-53-38-44-36-45(49(7,8)9)37-46(50(10,11)12)48(44)58-52(53,54)57-47/h25-26,35-39,41H,15-24,27-34,40H2,1-14H3/q+4. The first-order valence-corrected chi connectivity index (χ1v) is 24.0. The molecule has 0 bridgehead atoms. The highest BCUT2D eigenvalue weighted by atomic mass is 16.7. The van der Waals surface area contributed by atoms with Gasteiger partial charge in [-0.1, -0.05) is 104 Å². The molecule has 1 fully saturated rings. The molecular formula is C52H88N4O2+4. The molecule has 6 nitrogen and oxygen atoms in total. The van der Waals surface area contributed by atoms with E-state index >= 15 is 0 Å². The molecule has 0 N–H and O–H groups in total. The van der Waals surface area contributed by atoms with Crippen molar-refractivity contribution in [3.8, 4) is 11.5 Å². The Labute approximate surface area is 356 Å². The summed E-state index contributed by atoms with van der Waals surface area (Å²) in [6.45, 7) is 44.0. The van der Waals surface area contributed by atoms with Crippen molar-refractivity contribution in [2.45, 2.75) is 189 Å². The van der Waals surface area contributed by atoms with Crippen molar-refractivity contribution in [1.82, 2.24) is 0 Å². The number of benzene rings is 2. The van der Waals surface area contributed by atoms with Crippen LogP contribution in [0.1, 0.15) is 195 Å². The Bertz CT molecular complexity index is 1690. The molecule has 2 aromatic carbocycles. The van der Waals surface area contributed by atoms with Gasteiger partial charge in [-0.05, 0) is 110 Å². The van der Waals surface area contributed by atoms with Gasteiger partial charge in [0.05, 0.1) is 63.5 Å². The highest BCUT2D eigenvalue weighted by molar-refractivity contribution is 5.84. The molecule has 2 aromatic rings. The van der Waals surface area contributed by atoms with Gasteiger partial charge in [0.15, 0.2) is 23.9 Å². The molecule has 0 aliphatic carbocycles. The van der Waals surface area contributed by atoms with Crippen molar-refractivity contribution in [1.29, 1.82) is 0 Å². The molecule has 3 aliphatic heterocycles. The fourth-order valence-corrected chi connectivity index (χ4v) is 11.2. The van der Waals surface area contributed by atoms with Crippen LogP contribution in [0.5, 0.6) is 11.5 Å². The Morgan fingerprint density at radius 1 is 0.621 bits per heavy atom. The Morgan fingerprint density at radius 2 is 1.14 bits per heavy atom. The number of hydrogen-bond donors (Lipinski definition) is 0. The predicted octanol–water partition coefficient (Wildman–Crippen LogP) is 11.8. The molecular weight excluding hydrogens is 713 g/mol. The third-order valence-corrected chi connectivity index (χ3v) is 13.8. The molecule has 3 heterocycles. The topological polar surface area (TPSA) is 24.5 Å². The first-order chi connectivity index (χ1) is 27.3. The van der Waals surface area contributed by atoms with Crippen LogP contribution in [0.15, 0.2) is 30.3 Å². The summed E-state index contributed by atoms with van der Waals surface area (Å²) in [5.41, 5.74) is 6.10. The smallest absolute Gasteiger partial charge is 0.341 e. The number of nitrogens with zero attached hydrogens (tertiary/aromatic N) is 4. The summed E-state index contributed by atoms with van der Waals surface area (Å²) in [6.07, 6.45) is 17.4. The van der Waals surface area contributed by atoms with E-state index in [1.54, 1.807) is 0 Å². The molecule has 0 amide bonds. The minimum absolute atomic E-state index is 0.0312. The van der Waals surface area contributed by atoms with Crippen molar-refractivity contribution >= 4 is 12.4 Å². The average Bonchev–Trinajstić information content (AvgIpc) is 3.36. The molecule has 5 rings (SSSR count). The van der Waals surface area contributed by atoms with E-state index in [2.05, 4.69) is 149 Å². The third-order valence-electron chi connectivity index (χ3n) is 13.8. The van der Waals surface area contributed by atoms with Gasteiger partial charge in [-0.3, -0.25) is 0 Å². The molecule has 1 saturated heterocycles. The van der Waals surface area contributed by atoms with Crippen molar-refractivity contribution in [3.63, 3.8) is 0 Å². The van der Waals surface area contributed by atoms with Crippen LogP contribution in [-0.2, 0) is 10.8 Å². The Hall–Kier alpha value is -2.70. The van der Waals surface area contributed by atoms with Gasteiger partial charge in [0.1, 0.15) is 0 Å².